The number of hydrogen-bond acceptors (Lipinski definition) is 5. The molecule has 0 radical (unpaired) electrons. The summed E-state index contributed by atoms with van der Waals surface area (Å²) in [7, 11) is 0. The van der Waals surface area contributed by atoms with Gasteiger partial charge in [0.2, 0.25) is 11.5 Å². The third-order valence-corrected chi connectivity index (χ3v) is 6.54. The lowest BCUT2D eigenvalue weighted by atomic mass is 10.2. The minimum Gasteiger partial charge on any atom is -0.348 e. The summed E-state index contributed by atoms with van der Waals surface area (Å²) < 4.78 is 16.8. The minimum atomic E-state index is -0.444. The van der Waals surface area contributed by atoms with E-state index in [2.05, 4.69) is 39.4 Å². The van der Waals surface area contributed by atoms with Crippen molar-refractivity contribution in [3.63, 3.8) is 0 Å². The average Bonchev–Trinajstić information content (AvgIpc) is 3.37. The Labute approximate surface area is 219 Å². The first-order valence-corrected chi connectivity index (χ1v) is 12.6. The summed E-state index contributed by atoms with van der Waals surface area (Å²) in [4.78, 5) is 33.0. The molecule has 0 atom stereocenters. The second-order valence-corrected chi connectivity index (χ2v) is 9.29. The molecule has 3 aromatic carbocycles. The van der Waals surface area contributed by atoms with E-state index in [1.165, 1.54) is 22.2 Å². The Morgan fingerprint density at radius 3 is 2.55 bits per heavy atom. The lowest BCUT2D eigenvalue weighted by Gasteiger charge is -2.20. The molecular formula is C29H29FN6O2. The highest BCUT2D eigenvalue weighted by Gasteiger charge is 2.19. The van der Waals surface area contributed by atoms with E-state index >= 15 is 0 Å². The fourth-order valence-corrected chi connectivity index (χ4v) is 4.55. The van der Waals surface area contributed by atoms with Gasteiger partial charge in [-0.2, -0.15) is 4.98 Å². The van der Waals surface area contributed by atoms with Crippen molar-refractivity contribution >= 4 is 22.6 Å². The molecule has 38 heavy (non-hydrogen) atoms. The third-order valence-electron chi connectivity index (χ3n) is 6.54. The molecule has 0 fully saturated rings. The first-order chi connectivity index (χ1) is 18.4. The average molecular weight is 513 g/mol. The van der Waals surface area contributed by atoms with Gasteiger partial charge in [0.15, 0.2) is 0 Å². The van der Waals surface area contributed by atoms with E-state index in [0.717, 1.165) is 18.7 Å². The van der Waals surface area contributed by atoms with Crippen molar-refractivity contribution in [2.24, 2.45) is 0 Å². The number of amides is 1. The molecule has 194 valence electrons. The van der Waals surface area contributed by atoms with E-state index in [-0.39, 0.29) is 23.8 Å². The monoisotopic (exact) mass is 512 g/mol. The zero-order valence-electron chi connectivity index (χ0n) is 21.4. The van der Waals surface area contributed by atoms with Crippen LogP contribution in [-0.2, 0) is 13.1 Å². The molecule has 0 aliphatic carbocycles. The summed E-state index contributed by atoms with van der Waals surface area (Å²) in [5.41, 5.74) is 3.71. The van der Waals surface area contributed by atoms with Crippen LogP contribution in [0.3, 0.4) is 0 Å². The highest BCUT2D eigenvalue weighted by Crippen LogP contribution is 2.17. The molecule has 1 amide bonds. The van der Waals surface area contributed by atoms with E-state index in [0.29, 0.717) is 29.7 Å². The Hall–Kier alpha value is -4.37. The molecule has 5 aromatic rings. The Balaban J connectivity index is 1.40. The van der Waals surface area contributed by atoms with Crippen molar-refractivity contribution in [2.45, 2.75) is 26.9 Å². The number of nitrogens with zero attached hydrogens (tertiary/aromatic N) is 5. The fourth-order valence-electron chi connectivity index (χ4n) is 4.55. The first-order valence-electron chi connectivity index (χ1n) is 12.6. The Bertz CT molecular complexity index is 1660. The summed E-state index contributed by atoms with van der Waals surface area (Å²) in [6.07, 6.45) is 0. The molecule has 0 spiro atoms. The predicted molar refractivity (Wildman–Crippen MR) is 145 cm³/mol. The summed E-state index contributed by atoms with van der Waals surface area (Å²) in [6, 6.07) is 21.9. The van der Waals surface area contributed by atoms with E-state index in [4.69, 9.17) is 0 Å². The lowest BCUT2D eigenvalue weighted by molar-refractivity contribution is 0.0938. The van der Waals surface area contributed by atoms with Gasteiger partial charge in [0.25, 0.3) is 11.5 Å². The number of carbonyl (C=O) groups excluding carboxylic acids is 1. The molecule has 0 bridgehead atoms. The molecule has 2 heterocycles. The van der Waals surface area contributed by atoms with Gasteiger partial charge in [-0.1, -0.05) is 55.5 Å². The van der Waals surface area contributed by atoms with Gasteiger partial charge in [0, 0.05) is 19.6 Å². The molecule has 5 rings (SSSR count). The number of likely N-dealkylation sites (N-methyl/N-ethyl adjacent to an activating group) is 1. The van der Waals surface area contributed by atoms with E-state index in [1.54, 1.807) is 16.7 Å². The second kappa shape index (κ2) is 10.9. The van der Waals surface area contributed by atoms with Crippen LogP contribution in [0, 0.1) is 12.7 Å². The number of aromatic nitrogens is 4. The molecule has 8 nitrogen and oxygen atoms in total. The first kappa shape index (κ1) is 25.3. The summed E-state index contributed by atoms with van der Waals surface area (Å²) in [6.45, 7) is 6.87. The fraction of sp³-hybridized carbons (Fsp3) is 0.241. The lowest BCUT2D eigenvalue weighted by Crippen LogP contribution is -2.35. The topological polar surface area (TPSA) is 84.5 Å². The maximum Gasteiger partial charge on any atom is 0.296 e. The maximum atomic E-state index is 13.8. The van der Waals surface area contributed by atoms with Gasteiger partial charge in [-0.15, -0.1) is 5.10 Å². The van der Waals surface area contributed by atoms with Gasteiger partial charge in [-0.05, 0) is 54.4 Å². The van der Waals surface area contributed by atoms with Gasteiger partial charge in [0.1, 0.15) is 5.82 Å². The highest BCUT2D eigenvalue weighted by atomic mass is 19.1. The number of benzene rings is 3. The van der Waals surface area contributed by atoms with Crippen molar-refractivity contribution in [1.82, 2.24) is 29.4 Å². The van der Waals surface area contributed by atoms with Crippen molar-refractivity contribution in [3.8, 4) is 0 Å². The largest absolute Gasteiger partial charge is 0.348 e. The van der Waals surface area contributed by atoms with Crippen LogP contribution in [0.1, 0.15) is 34.2 Å². The minimum absolute atomic E-state index is 0.0437. The Morgan fingerprint density at radius 1 is 1.00 bits per heavy atom. The van der Waals surface area contributed by atoms with Gasteiger partial charge in [-0.25, -0.2) is 8.91 Å². The number of aryl methyl sites for hydroxylation is 1. The third kappa shape index (κ3) is 5.33. The molecule has 0 saturated heterocycles. The molecule has 0 aliphatic heterocycles. The van der Waals surface area contributed by atoms with Crippen LogP contribution in [0.25, 0.3) is 16.7 Å². The van der Waals surface area contributed by atoms with Crippen molar-refractivity contribution < 1.29 is 9.18 Å². The molecule has 0 unspecified atom stereocenters. The summed E-state index contributed by atoms with van der Waals surface area (Å²) in [5, 5.41) is 7.26. The van der Waals surface area contributed by atoms with Crippen LogP contribution in [0.4, 0.5) is 4.39 Å². The van der Waals surface area contributed by atoms with Gasteiger partial charge in [-0.3, -0.25) is 19.1 Å². The molecule has 2 aromatic heterocycles. The number of carbonyl (C=O) groups is 1. The normalized spacial score (nSPS) is 11.5. The maximum absolute atomic E-state index is 13.8. The molecule has 9 heteroatoms. The van der Waals surface area contributed by atoms with Crippen molar-refractivity contribution in [1.29, 1.82) is 0 Å². The van der Waals surface area contributed by atoms with Crippen LogP contribution >= 0.6 is 0 Å². The zero-order chi connectivity index (χ0) is 26.6. The number of halogens is 1. The quantitative estimate of drug-likeness (QED) is 0.325. The van der Waals surface area contributed by atoms with Crippen LogP contribution < -0.4 is 10.9 Å². The number of fused-ring (bicyclic) bond motifs is 3. The second-order valence-electron chi connectivity index (χ2n) is 9.29. The molecular weight excluding hydrogens is 483 g/mol. The van der Waals surface area contributed by atoms with Crippen LogP contribution in [0.15, 0.2) is 77.6 Å². The van der Waals surface area contributed by atoms with Gasteiger partial charge in [0.05, 0.1) is 17.6 Å². The summed E-state index contributed by atoms with van der Waals surface area (Å²) >= 11 is 0. The smallest absolute Gasteiger partial charge is 0.296 e. The van der Waals surface area contributed by atoms with E-state index in [1.807, 2.05) is 43.3 Å². The highest BCUT2D eigenvalue weighted by molar-refractivity contribution is 5.91. The standard InChI is InChI=1S/C29H29FN6O2/c1-3-34(18-21-8-5-4-6-9-21)15-14-31-28(37)26-32-27-29(38)35(19-22-10-7-11-23(30)17-22)25-16-20(2)12-13-24(25)36(27)33-26/h4-13,16-17H,3,14-15,18-19H2,1-2H3,(H,31,37). The molecule has 0 saturated carbocycles. The van der Waals surface area contributed by atoms with Gasteiger partial charge < -0.3 is 5.32 Å². The van der Waals surface area contributed by atoms with E-state index in [9.17, 15) is 14.0 Å². The Morgan fingerprint density at radius 2 is 1.79 bits per heavy atom. The van der Waals surface area contributed by atoms with E-state index < -0.39 is 11.5 Å². The van der Waals surface area contributed by atoms with Crippen LogP contribution in [-0.4, -0.2) is 49.6 Å². The number of hydrogen-bond donors (Lipinski definition) is 1. The van der Waals surface area contributed by atoms with Gasteiger partial charge >= 0.3 is 0 Å². The number of nitrogens with one attached hydrogen (secondary N) is 1. The summed E-state index contributed by atoms with van der Waals surface area (Å²) in [5.74, 6) is -0.886. The Kier molecular flexibility index (Phi) is 7.28. The SMILES string of the molecule is CCN(CCNC(=O)c1nc2c(=O)n(Cc3cccc(F)c3)c3cc(C)ccc3n2n1)Cc1ccccc1. The van der Waals surface area contributed by atoms with Crippen molar-refractivity contribution in [3.05, 3.63) is 111 Å². The predicted octanol–water partition coefficient (Wildman–Crippen LogP) is 3.79. The molecule has 0 aliphatic rings. The number of rotatable bonds is 9. The van der Waals surface area contributed by atoms with Crippen LogP contribution in [0.5, 0.6) is 0 Å². The van der Waals surface area contributed by atoms with Crippen molar-refractivity contribution in [2.75, 3.05) is 19.6 Å². The molecule has 1 N–H and O–H groups in total. The van der Waals surface area contributed by atoms with Crippen LogP contribution in [0.2, 0.25) is 0 Å². The zero-order valence-corrected chi connectivity index (χ0v) is 21.4.